The van der Waals surface area contributed by atoms with Crippen LogP contribution in [0, 0.1) is 6.92 Å². The van der Waals surface area contributed by atoms with Crippen molar-refractivity contribution in [2.45, 2.75) is 26.7 Å². The van der Waals surface area contributed by atoms with E-state index in [1.54, 1.807) is 6.20 Å². The van der Waals surface area contributed by atoms with Crippen molar-refractivity contribution >= 4 is 23.2 Å². The molecule has 0 radical (unpaired) electrons. The maximum absolute atomic E-state index is 11.3. The minimum absolute atomic E-state index is 0.0261. The number of nitrogens with zero attached hydrogens (tertiary/aromatic N) is 1. The number of aryl methyl sites for hydroxylation is 1. The maximum Gasteiger partial charge on any atom is 0.224 e. The first-order chi connectivity index (χ1) is 6.63. The standard InChI is InChI=1S/C10H13ClN2O/c1-3-4-9(14)13-8-5-7(2)6-12-10(8)11/h5-6H,3-4H2,1-2H3,(H,13,14). The summed E-state index contributed by atoms with van der Waals surface area (Å²) in [6, 6.07) is 1.81. The van der Waals surface area contributed by atoms with Gasteiger partial charge in [0.2, 0.25) is 5.91 Å². The molecule has 1 rings (SSSR count). The molecular formula is C10H13ClN2O. The molecular weight excluding hydrogens is 200 g/mol. The number of nitrogens with one attached hydrogen (secondary N) is 1. The van der Waals surface area contributed by atoms with E-state index in [1.807, 2.05) is 19.9 Å². The second-order valence-electron chi connectivity index (χ2n) is 3.15. The van der Waals surface area contributed by atoms with Crippen molar-refractivity contribution in [1.29, 1.82) is 0 Å². The molecule has 3 nitrogen and oxygen atoms in total. The van der Waals surface area contributed by atoms with Crippen LogP contribution in [-0.4, -0.2) is 10.9 Å². The fourth-order valence-electron chi connectivity index (χ4n) is 1.08. The monoisotopic (exact) mass is 212 g/mol. The first kappa shape index (κ1) is 11.0. The van der Waals surface area contributed by atoms with Gasteiger partial charge in [-0.15, -0.1) is 0 Å². The molecule has 1 N–H and O–H groups in total. The molecule has 0 aliphatic carbocycles. The quantitative estimate of drug-likeness (QED) is 0.783. The Kier molecular flexibility index (Phi) is 3.89. The fourth-order valence-corrected chi connectivity index (χ4v) is 1.23. The van der Waals surface area contributed by atoms with Gasteiger partial charge in [0.05, 0.1) is 5.69 Å². The lowest BCUT2D eigenvalue weighted by Crippen LogP contribution is -2.11. The molecule has 0 fully saturated rings. The van der Waals surface area contributed by atoms with E-state index in [0.717, 1.165) is 12.0 Å². The van der Waals surface area contributed by atoms with E-state index in [2.05, 4.69) is 10.3 Å². The van der Waals surface area contributed by atoms with Gasteiger partial charge in [0, 0.05) is 12.6 Å². The molecule has 0 aromatic carbocycles. The number of amides is 1. The zero-order chi connectivity index (χ0) is 10.6. The van der Waals surface area contributed by atoms with Crippen LogP contribution in [-0.2, 0) is 4.79 Å². The van der Waals surface area contributed by atoms with Crippen molar-refractivity contribution in [1.82, 2.24) is 4.98 Å². The Morgan fingerprint density at radius 3 is 3.00 bits per heavy atom. The maximum atomic E-state index is 11.3. The number of halogens is 1. The van der Waals surface area contributed by atoms with Crippen LogP contribution in [0.5, 0.6) is 0 Å². The highest BCUT2D eigenvalue weighted by Crippen LogP contribution is 2.19. The molecule has 0 aliphatic heterocycles. The number of pyridine rings is 1. The van der Waals surface area contributed by atoms with Crippen LogP contribution >= 0.6 is 11.6 Å². The molecule has 4 heteroatoms. The molecule has 0 unspecified atom stereocenters. The Bertz CT molecular complexity index is 339. The van der Waals surface area contributed by atoms with Gasteiger partial charge in [0.15, 0.2) is 5.15 Å². The number of rotatable bonds is 3. The van der Waals surface area contributed by atoms with Gasteiger partial charge >= 0.3 is 0 Å². The smallest absolute Gasteiger partial charge is 0.224 e. The molecule has 14 heavy (non-hydrogen) atoms. The van der Waals surface area contributed by atoms with E-state index in [9.17, 15) is 4.79 Å². The third kappa shape index (κ3) is 3.00. The minimum Gasteiger partial charge on any atom is -0.323 e. The van der Waals surface area contributed by atoms with Gasteiger partial charge in [-0.05, 0) is 25.0 Å². The van der Waals surface area contributed by atoms with Crippen molar-refractivity contribution in [3.8, 4) is 0 Å². The second kappa shape index (κ2) is 4.96. The Morgan fingerprint density at radius 2 is 2.36 bits per heavy atom. The highest BCUT2D eigenvalue weighted by atomic mass is 35.5. The van der Waals surface area contributed by atoms with Crippen LogP contribution in [0.2, 0.25) is 5.15 Å². The van der Waals surface area contributed by atoms with Crippen LogP contribution in [0.3, 0.4) is 0 Å². The average molecular weight is 213 g/mol. The summed E-state index contributed by atoms with van der Waals surface area (Å²) in [5, 5.41) is 3.05. The Balaban J connectivity index is 2.75. The summed E-state index contributed by atoms with van der Waals surface area (Å²) in [4.78, 5) is 15.2. The van der Waals surface area contributed by atoms with Gasteiger partial charge in [0.25, 0.3) is 0 Å². The fraction of sp³-hybridized carbons (Fsp3) is 0.400. The molecule has 0 spiro atoms. The van der Waals surface area contributed by atoms with Gasteiger partial charge in [-0.3, -0.25) is 4.79 Å². The van der Waals surface area contributed by atoms with Crippen molar-refractivity contribution in [3.63, 3.8) is 0 Å². The van der Waals surface area contributed by atoms with E-state index >= 15 is 0 Å². The van der Waals surface area contributed by atoms with Gasteiger partial charge in [0.1, 0.15) is 0 Å². The summed E-state index contributed by atoms with van der Waals surface area (Å²) in [7, 11) is 0. The zero-order valence-electron chi connectivity index (χ0n) is 8.30. The number of carbonyl (C=O) groups is 1. The summed E-state index contributed by atoms with van der Waals surface area (Å²) < 4.78 is 0. The van der Waals surface area contributed by atoms with Gasteiger partial charge < -0.3 is 5.32 Å². The zero-order valence-corrected chi connectivity index (χ0v) is 9.06. The molecule has 0 saturated heterocycles. The van der Waals surface area contributed by atoms with E-state index in [4.69, 9.17) is 11.6 Å². The minimum atomic E-state index is -0.0261. The third-order valence-electron chi connectivity index (χ3n) is 1.73. The van der Waals surface area contributed by atoms with Crippen molar-refractivity contribution in [2.24, 2.45) is 0 Å². The van der Waals surface area contributed by atoms with Crippen molar-refractivity contribution < 1.29 is 4.79 Å². The Labute approximate surface area is 88.5 Å². The summed E-state index contributed by atoms with van der Waals surface area (Å²) in [5.41, 5.74) is 1.56. The molecule has 0 aliphatic rings. The van der Waals surface area contributed by atoms with Crippen LogP contribution in [0.1, 0.15) is 25.3 Å². The SMILES string of the molecule is CCCC(=O)Nc1cc(C)cnc1Cl. The lowest BCUT2D eigenvalue weighted by atomic mass is 10.2. The Morgan fingerprint density at radius 1 is 1.64 bits per heavy atom. The lowest BCUT2D eigenvalue weighted by molar-refractivity contribution is -0.116. The van der Waals surface area contributed by atoms with E-state index in [0.29, 0.717) is 17.3 Å². The molecule has 76 valence electrons. The summed E-state index contributed by atoms with van der Waals surface area (Å²) in [6.07, 6.45) is 2.99. The van der Waals surface area contributed by atoms with Crippen molar-refractivity contribution in [2.75, 3.05) is 5.32 Å². The molecule has 1 amide bonds. The van der Waals surface area contributed by atoms with E-state index in [-0.39, 0.29) is 5.91 Å². The number of anilines is 1. The predicted molar refractivity (Wildman–Crippen MR) is 57.5 cm³/mol. The predicted octanol–water partition coefficient (Wildman–Crippen LogP) is 2.78. The normalized spacial score (nSPS) is 9.93. The molecule has 0 bridgehead atoms. The molecule has 1 heterocycles. The lowest BCUT2D eigenvalue weighted by Gasteiger charge is -2.06. The van der Waals surface area contributed by atoms with E-state index in [1.165, 1.54) is 0 Å². The number of hydrogen-bond donors (Lipinski definition) is 1. The van der Waals surface area contributed by atoms with Gasteiger partial charge in [-0.2, -0.15) is 0 Å². The highest BCUT2D eigenvalue weighted by Gasteiger charge is 2.05. The summed E-state index contributed by atoms with van der Waals surface area (Å²) >= 11 is 5.81. The largest absolute Gasteiger partial charge is 0.323 e. The van der Waals surface area contributed by atoms with Gasteiger partial charge in [-0.25, -0.2) is 4.98 Å². The Hall–Kier alpha value is -1.09. The first-order valence-corrected chi connectivity index (χ1v) is 4.93. The number of hydrogen-bond acceptors (Lipinski definition) is 2. The number of aromatic nitrogens is 1. The molecule has 0 atom stereocenters. The second-order valence-corrected chi connectivity index (χ2v) is 3.51. The molecule has 0 saturated carbocycles. The van der Waals surface area contributed by atoms with Crippen LogP contribution < -0.4 is 5.32 Å². The molecule has 1 aromatic heterocycles. The molecule has 1 aromatic rings. The number of carbonyl (C=O) groups excluding carboxylic acids is 1. The highest BCUT2D eigenvalue weighted by molar-refractivity contribution is 6.32. The first-order valence-electron chi connectivity index (χ1n) is 4.55. The van der Waals surface area contributed by atoms with Crippen molar-refractivity contribution in [3.05, 3.63) is 23.0 Å². The topological polar surface area (TPSA) is 42.0 Å². The van der Waals surface area contributed by atoms with Crippen LogP contribution in [0.15, 0.2) is 12.3 Å². The summed E-state index contributed by atoms with van der Waals surface area (Å²) in [5.74, 6) is -0.0261. The van der Waals surface area contributed by atoms with Crippen LogP contribution in [0.25, 0.3) is 0 Å². The average Bonchev–Trinajstić information content (AvgIpc) is 2.12. The van der Waals surface area contributed by atoms with Crippen LogP contribution in [0.4, 0.5) is 5.69 Å². The van der Waals surface area contributed by atoms with E-state index < -0.39 is 0 Å². The van der Waals surface area contributed by atoms with Gasteiger partial charge in [-0.1, -0.05) is 18.5 Å². The third-order valence-corrected chi connectivity index (χ3v) is 2.03. The summed E-state index contributed by atoms with van der Waals surface area (Å²) in [6.45, 7) is 3.86.